The van der Waals surface area contributed by atoms with Gasteiger partial charge in [-0.05, 0) is 58.7 Å². The zero-order valence-electron chi connectivity index (χ0n) is 14.2. The van der Waals surface area contributed by atoms with E-state index in [0.717, 1.165) is 58.1 Å². The van der Waals surface area contributed by atoms with Gasteiger partial charge < -0.3 is 11.5 Å². The van der Waals surface area contributed by atoms with Crippen LogP contribution in [0.3, 0.4) is 0 Å². The second-order valence-electron chi connectivity index (χ2n) is 6.83. The Hall–Kier alpha value is -3.40. The number of nitrogens with zero attached hydrogens (tertiary/aromatic N) is 2. The largest absolute Gasteiger partial charge is 0.399 e. The van der Waals surface area contributed by atoms with E-state index in [1.807, 2.05) is 42.5 Å². The monoisotopic (exact) mass is 338 g/mol. The third-order valence-corrected chi connectivity index (χ3v) is 4.97. The fraction of sp³-hybridized carbons (Fsp3) is 0.0909. The van der Waals surface area contributed by atoms with Gasteiger partial charge in [-0.2, -0.15) is 0 Å². The van der Waals surface area contributed by atoms with Gasteiger partial charge in [0, 0.05) is 24.2 Å². The molecular weight excluding hydrogens is 320 g/mol. The fourth-order valence-corrected chi connectivity index (χ4v) is 3.61. The average Bonchev–Trinajstić information content (AvgIpc) is 3.23. The first-order valence-electron chi connectivity index (χ1n) is 8.68. The maximum Gasteiger partial charge on any atom is 0.0673 e. The molecule has 0 spiro atoms. The number of rotatable bonds is 2. The first kappa shape index (κ1) is 14.9. The number of anilines is 2. The molecule has 0 saturated carbocycles. The molecule has 2 heterocycles. The highest BCUT2D eigenvalue weighted by Crippen LogP contribution is 2.38. The van der Waals surface area contributed by atoms with Gasteiger partial charge in [0.25, 0.3) is 0 Å². The summed E-state index contributed by atoms with van der Waals surface area (Å²) in [5.74, 6) is 0. The van der Waals surface area contributed by atoms with Gasteiger partial charge >= 0.3 is 0 Å². The predicted molar refractivity (Wildman–Crippen MR) is 108 cm³/mol. The van der Waals surface area contributed by atoms with Crippen LogP contribution < -0.4 is 11.5 Å². The summed E-state index contributed by atoms with van der Waals surface area (Å²) in [6.45, 7) is 0. The number of benzene rings is 3. The average molecular weight is 338 g/mol. The van der Waals surface area contributed by atoms with Crippen LogP contribution in [0.4, 0.5) is 22.7 Å². The highest BCUT2D eigenvalue weighted by atomic mass is 14.8. The Morgan fingerprint density at radius 3 is 1.85 bits per heavy atom. The lowest BCUT2D eigenvalue weighted by Gasteiger charge is -2.02. The number of nitrogen functional groups attached to an aromatic ring is 2. The molecule has 0 amide bonds. The lowest BCUT2D eigenvalue weighted by Crippen LogP contribution is -2.01. The number of hydrogen-bond acceptors (Lipinski definition) is 4. The second-order valence-corrected chi connectivity index (χ2v) is 6.83. The summed E-state index contributed by atoms with van der Waals surface area (Å²) in [7, 11) is 0. The van der Waals surface area contributed by atoms with Gasteiger partial charge in [0.05, 0.1) is 22.8 Å². The van der Waals surface area contributed by atoms with Gasteiger partial charge in [-0.25, -0.2) is 0 Å². The molecule has 126 valence electrons. The number of aliphatic imine (C=N–C) groups is 2. The number of fused-ring (bicyclic) bond motifs is 2. The molecule has 0 aliphatic carbocycles. The molecule has 26 heavy (non-hydrogen) atoms. The Morgan fingerprint density at radius 2 is 1.23 bits per heavy atom. The van der Waals surface area contributed by atoms with Gasteiger partial charge in [0.1, 0.15) is 0 Å². The lowest BCUT2D eigenvalue weighted by atomic mass is 10.00. The van der Waals surface area contributed by atoms with E-state index in [4.69, 9.17) is 21.5 Å². The van der Waals surface area contributed by atoms with Crippen molar-refractivity contribution < 1.29 is 0 Å². The van der Waals surface area contributed by atoms with Gasteiger partial charge in [0.2, 0.25) is 0 Å². The minimum Gasteiger partial charge on any atom is -0.399 e. The van der Waals surface area contributed by atoms with E-state index < -0.39 is 0 Å². The van der Waals surface area contributed by atoms with Crippen LogP contribution in [0, 0.1) is 0 Å². The molecule has 4 heteroatoms. The van der Waals surface area contributed by atoms with Crippen molar-refractivity contribution in [3.8, 4) is 0 Å². The van der Waals surface area contributed by atoms with Crippen molar-refractivity contribution in [2.24, 2.45) is 9.98 Å². The Kier molecular flexibility index (Phi) is 3.19. The fourth-order valence-electron chi connectivity index (χ4n) is 3.61. The molecule has 4 N–H and O–H groups in total. The van der Waals surface area contributed by atoms with Crippen molar-refractivity contribution in [2.75, 3.05) is 11.5 Å². The maximum atomic E-state index is 5.91. The molecule has 0 saturated heterocycles. The quantitative estimate of drug-likeness (QED) is 0.687. The molecule has 0 unspecified atom stereocenters. The molecule has 3 aromatic rings. The summed E-state index contributed by atoms with van der Waals surface area (Å²) in [5.41, 5.74) is 22.2. The van der Waals surface area contributed by atoms with Gasteiger partial charge in [-0.1, -0.05) is 24.3 Å². The van der Waals surface area contributed by atoms with E-state index in [1.165, 1.54) is 11.1 Å². The van der Waals surface area contributed by atoms with Crippen molar-refractivity contribution in [3.05, 3.63) is 82.9 Å². The Labute approximate surface area is 151 Å². The molecule has 2 aliphatic heterocycles. The van der Waals surface area contributed by atoms with Crippen molar-refractivity contribution in [1.82, 2.24) is 0 Å². The Bertz CT molecular complexity index is 1090. The van der Waals surface area contributed by atoms with Gasteiger partial charge in [-0.3, -0.25) is 9.98 Å². The zero-order valence-corrected chi connectivity index (χ0v) is 14.2. The van der Waals surface area contributed by atoms with Crippen molar-refractivity contribution >= 4 is 34.2 Å². The summed E-state index contributed by atoms with van der Waals surface area (Å²) in [6, 6.07) is 20.2. The second kappa shape index (κ2) is 5.56. The summed E-state index contributed by atoms with van der Waals surface area (Å²) in [5, 5.41) is 0. The Balaban J connectivity index is 1.46. The normalized spacial score (nSPS) is 14.6. The topological polar surface area (TPSA) is 76.8 Å². The highest BCUT2D eigenvalue weighted by Gasteiger charge is 2.22. The molecule has 0 bridgehead atoms. The molecule has 5 rings (SSSR count). The van der Waals surface area contributed by atoms with Gasteiger partial charge in [0.15, 0.2) is 0 Å². The smallest absolute Gasteiger partial charge is 0.0673 e. The molecule has 3 aromatic carbocycles. The van der Waals surface area contributed by atoms with Crippen LogP contribution in [0.1, 0.15) is 22.3 Å². The van der Waals surface area contributed by atoms with Crippen molar-refractivity contribution in [3.63, 3.8) is 0 Å². The standard InChI is InChI=1S/C22H18N4/c23-17-6-4-13(5-7-17)19-9-15-11-22-16(12-21(15)25-19)10-20(26-22)14-2-1-3-18(24)8-14/h1-8,11-12H,9-10,23-24H2. The van der Waals surface area contributed by atoms with E-state index in [-0.39, 0.29) is 0 Å². The molecular formula is C22H18N4. The number of nitrogens with two attached hydrogens (primary N) is 2. The van der Waals surface area contributed by atoms with Crippen LogP contribution in [0.25, 0.3) is 0 Å². The van der Waals surface area contributed by atoms with Gasteiger partial charge in [-0.15, -0.1) is 0 Å². The summed E-state index contributed by atoms with van der Waals surface area (Å²) in [6.07, 6.45) is 1.65. The van der Waals surface area contributed by atoms with E-state index in [1.54, 1.807) is 0 Å². The number of hydrogen-bond donors (Lipinski definition) is 2. The third-order valence-electron chi connectivity index (χ3n) is 4.97. The van der Waals surface area contributed by atoms with Crippen LogP contribution in [-0.4, -0.2) is 11.4 Å². The molecule has 0 fully saturated rings. The highest BCUT2D eigenvalue weighted by molar-refractivity contribution is 6.09. The van der Waals surface area contributed by atoms with Crippen molar-refractivity contribution in [2.45, 2.75) is 12.8 Å². The Morgan fingerprint density at radius 1 is 0.615 bits per heavy atom. The van der Waals surface area contributed by atoms with Crippen LogP contribution in [0.2, 0.25) is 0 Å². The first-order valence-corrected chi connectivity index (χ1v) is 8.68. The third kappa shape index (κ3) is 2.47. The minimum atomic E-state index is 0.765. The predicted octanol–water partition coefficient (Wildman–Crippen LogP) is 4.20. The van der Waals surface area contributed by atoms with Crippen LogP contribution in [0.5, 0.6) is 0 Å². The molecule has 2 aliphatic rings. The maximum absolute atomic E-state index is 5.91. The summed E-state index contributed by atoms with van der Waals surface area (Å²) in [4.78, 5) is 9.69. The molecule has 0 radical (unpaired) electrons. The van der Waals surface area contributed by atoms with E-state index in [9.17, 15) is 0 Å². The lowest BCUT2D eigenvalue weighted by molar-refractivity contribution is 1.33. The molecule has 0 atom stereocenters. The minimum absolute atomic E-state index is 0.765. The summed E-state index contributed by atoms with van der Waals surface area (Å²) >= 11 is 0. The zero-order chi connectivity index (χ0) is 17.7. The van der Waals surface area contributed by atoms with Crippen molar-refractivity contribution in [1.29, 1.82) is 0 Å². The molecule has 4 nitrogen and oxygen atoms in total. The summed E-state index contributed by atoms with van der Waals surface area (Å²) < 4.78 is 0. The van der Waals surface area contributed by atoms with Crippen LogP contribution >= 0.6 is 0 Å². The van der Waals surface area contributed by atoms with E-state index >= 15 is 0 Å². The van der Waals surface area contributed by atoms with Crippen LogP contribution in [-0.2, 0) is 12.8 Å². The SMILES string of the molecule is Nc1ccc(C2=Nc3cc4c(cc3C2)N=C(c2cccc(N)c2)C4)cc1. The van der Waals surface area contributed by atoms with E-state index in [2.05, 4.69) is 18.2 Å². The van der Waals surface area contributed by atoms with Crippen LogP contribution in [0.15, 0.2) is 70.6 Å². The molecule has 0 aromatic heterocycles. The first-order chi connectivity index (χ1) is 12.7. The van der Waals surface area contributed by atoms with E-state index in [0.29, 0.717) is 0 Å².